The third-order valence-corrected chi connectivity index (χ3v) is 3.94. The van der Waals surface area contributed by atoms with Gasteiger partial charge in [-0.25, -0.2) is 0 Å². The lowest BCUT2D eigenvalue weighted by Gasteiger charge is -2.23. The summed E-state index contributed by atoms with van der Waals surface area (Å²) in [5.41, 5.74) is 6.20. The van der Waals surface area contributed by atoms with Gasteiger partial charge in [-0.3, -0.25) is 4.79 Å². The van der Waals surface area contributed by atoms with Crippen molar-refractivity contribution >= 4 is 5.91 Å². The Kier molecular flexibility index (Phi) is 3.78. The Labute approximate surface area is 118 Å². The summed E-state index contributed by atoms with van der Waals surface area (Å²) in [6, 6.07) is 5.49. The molecule has 1 aromatic carbocycles. The van der Waals surface area contributed by atoms with E-state index < -0.39 is 0 Å². The van der Waals surface area contributed by atoms with E-state index in [2.05, 4.69) is 0 Å². The molecule has 5 heteroatoms. The number of carbonyl (C=O) groups excluding carboxylic acids is 1. The number of carbonyl (C=O) groups is 1. The van der Waals surface area contributed by atoms with E-state index in [0.29, 0.717) is 42.7 Å². The second-order valence-corrected chi connectivity index (χ2v) is 5.31. The average Bonchev–Trinajstić information content (AvgIpc) is 2.95. The maximum atomic E-state index is 12.6. The number of para-hydroxylation sites is 1. The van der Waals surface area contributed by atoms with Gasteiger partial charge in [0.1, 0.15) is 13.2 Å². The molecule has 2 aliphatic heterocycles. The van der Waals surface area contributed by atoms with E-state index in [-0.39, 0.29) is 5.91 Å². The molecule has 0 radical (unpaired) electrons. The van der Waals surface area contributed by atoms with Crippen LogP contribution < -0.4 is 15.2 Å². The van der Waals surface area contributed by atoms with Gasteiger partial charge in [0.05, 0.1) is 5.56 Å². The minimum Gasteiger partial charge on any atom is -0.486 e. The normalized spacial score (nSPS) is 21.1. The first-order valence-electron chi connectivity index (χ1n) is 7.17. The minimum absolute atomic E-state index is 0.0341. The van der Waals surface area contributed by atoms with Crippen molar-refractivity contribution in [3.05, 3.63) is 23.8 Å². The van der Waals surface area contributed by atoms with Gasteiger partial charge in [0.25, 0.3) is 5.91 Å². The molecule has 2 heterocycles. The van der Waals surface area contributed by atoms with Gasteiger partial charge in [-0.2, -0.15) is 0 Å². The fourth-order valence-electron chi connectivity index (χ4n) is 2.90. The van der Waals surface area contributed by atoms with Crippen LogP contribution in [0.4, 0.5) is 0 Å². The van der Waals surface area contributed by atoms with Gasteiger partial charge in [-0.15, -0.1) is 0 Å². The highest BCUT2D eigenvalue weighted by Crippen LogP contribution is 2.35. The van der Waals surface area contributed by atoms with Gasteiger partial charge < -0.3 is 20.1 Å². The second kappa shape index (κ2) is 5.71. The maximum absolute atomic E-state index is 12.6. The number of fused-ring (bicyclic) bond motifs is 1. The number of nitrogens with zero attached hydrogens (tertiary/aromatic N) is 1. The summed E-state index contributed by atoms with van der Waals surface area (Å²) in [7, 11) is 0. The van der Waals surface area contributed by atoms with E-state index in [9.17, 15) is 4.79 Å². The van der Waals surface area contributed by atoms with Crippen LogP contribution in [0.3, 0.4) is 0 Å². The van der Waals surface area contributed by atoms with Crippen molar-refractivity contribution in [2.45, 2.75) is 12.8 Å². The van der Waals surface area contributed by atoms with E-state index in [1.54, 1.807) is 0 Å². The number of likely N-dealkylation sites (tertiary alicyclic amines) is 1. The third kappa shape index (κ3) is 2.45. The Bertz CT molecular complexity index is 504. The number of nitrogens with two attached hydrogens (primary N) is 1. The van der Waals surface area contributed by atoms with Gasteiger partial charge in [0.15, 0.2) is 11.5 Å². The number of benzene rings is 1. The topological polar surface area (TPSA) is 64.8 Å². The molecule has 2 aliphatic rings. The van der Waals surface area contributed by atoms with Crippen molar-refractivity contribution in [2.75, 3.05) is 32.8 Å². The zero-order chi connectivity index (χ0) is 13.9. The molecule has 0 aliphatic carbocycles. The molecule has 0 aromatic heterocycles. The van der Waals surface area contributed by atoms with Gasteiger partial charge in [0.2, 0.25) is 0 Å². The van der Waals surface area contributed by atoms with Crippen LogP contribution in [0.15, 0.2) is 18.2 Å². The quantitative estimate of drug-likeness (QED) is 0.903. The van der Waals surface area contributed by atoms with Crippen molar-refractivity contribution in [3.63, 3.8) is 0 Å². The summed E-state index contributed by atoms with van der Waals surface area (Å²) >= 11 is 0. The van der Waals surface area contributed by atoms with Crippen LogP contribution in [0.1, 0.15) is 23.2 Å². The molecule has 0 bridgehead atoms. The molecule has 1 atom stereocenters. The molecule has 3 rings (SSSR count). The Balaban J connectivity index is 1.78. The van der Waals surface area contributed by atoms with Crippen molar-refractivity contribution in [3.8, 4) is 11.5 Å². The minimum atomic E-state index is 0.0341. The summed E-state index contributed by atoms with van der Waals surface area (Å²) < 4.78 is 11.1. The number of rotatable bonds is 3. The summed E-state index contributed by atoms with van der Waals surface area (Å²) in [4.78, 5) is 14.5. The fourth-order valence-corrected chi connectivity index (χ4v) is 2.90. The molecule has 1 unspecified atom stereocenters. The molecule has 2 N–H and O–H groups in total. The SMILES string of the molecule is NCCC1CCN(C(=O)c2cccc3c2OCCO3)C1. The number of ether oxygens (including phenoxy) is 2. The lowest BCUT2D eigenvalue weighted by molar-refractivity contribution is 0.0776. The Morgan fingerprint density at radius 1 is 1.35 bits per heavy atom. The molecular formula is C15H20N2O3. The van der Waals surface area contributed by atoms with Crippen LogP contribution in [0.5, 0.6) is 11.5 Å². The molecule has 108 valence electrons. The van der Waals surface area contributed by atoms with Crippen LogP contribution in [0, 0.1) is 5.92 Å². The smallest absolute Gasteiger partial charge is 0.257 e. The van der Waals surface area contributed by atoms with Gasteiger partial charge >= 0.3 is 0 Å². The van der Waals surface area contributed by atoms with Crippen LogP contribution in [0.2, 0.25) is 0 Å². The predicted octanol–water partition coefficient (Wildman–Crippen LogP) is 1.27. The third-order valence-electron chi connectivity index (χ3n) is 3.94. The fraction of sp³-hybridized carbons (Fsp3) is 0.533. The van der Waals surface area contributed by atoms with Crippen molar-refractivity contribution in [1.82, 2.24) is 4.90 Å². The highest BCUT2D eigenvalue weighted by atomic mass is 16.6. The molecule has 1 saturated heterocycles. The van der Waals surface area contributed by atoms with Crippen LogP contribution in [0.25, 0.3) is 0 Å². The van der Waals surface area contributed by atoms with Gasteiger partial charge in [0, 0.05) is 13.1 Å². The molecule has 1 fully saturated rings. The lowest BCUT2D eigenvalue weighted by Crippen LogP contribution is -2.30. The molecular weight excluding hydrogens is 256 g/mol. The Morgan fingerprint density at radius 2 is 2.20 bits per heavy atom. The first-order chi connectivity index (χ1) is 9.79. The zero-order valence-electron chi connectivity index (χ0n) is 11.5. The molecule has 0 spiro atoms. The number of hydrogen-bond acceptors (Lipinski definition) is 4. The van der Waals surface area contributed by atoms with Gasteiger partial charge in [-0.05, 0) is 37.4 Å². The summed E-state index contributed by atoms with van der Waals surface area (Å²) in [6.45, 7) is 3.30. The first kappa shape index (κ1) is 13.2. The predicted molar refractivity (Wildman–Crippen MR) is 75.1 cm³/mol. The number of amides is 1. The van der Waals surface area contributed by atoms with E-state index in [1.807, 2.05) is 23.1 Å². The maximum Gasteiger partial charge on any atom is 0.257 e. The van der Waals surface area contributed by atoms with E-state index in [1.165, 1.54) is 0 Å². The average molecular weight is 276 g/mol. The van der Waals surface area contributed by atoms with Crippen LogP contribution in [-0.4, -0.2) is 43.7 Å². The zero-order valence-corrected chi connectivity index (χ0v) is 11.5. The van der Waals surface area contributed by atoms with E-state index in [0.717, 1.165) is 25.9 Å². The first-order valence-corrected chi connectivity index (χ1v) is 7.17. The summed E-state index contributed by atoms with van der Waals surface area (Å²) in [5.74, 6) is 1.82. The Hall–Kier alpha value is -1.75. The number of hydrogen-bond donors (Lipinski definition) is 1. The molecule has 1 aromatic rings. The molecule has 5 nitrogen and oxygen atoms in total. The highest BCUT2D eigenvalue weighted by Gasteiger charge is 2.29. The van der Waals surface area contributed by atoms with Crippen molar-refractivity contribution in [2.24, 2.45) is 11.7 Å². The van der Waals surface area contributed by atoms with E-state index >= 15 is 0 Å². The van der Waals surface area contributed by atoms with E-state index in [4.69, 9.17) is 15.2 Å². The Morgan fingerprint density at radius 3 is 3.05 bits per heavy atom. The largest absolute Gasteiger partial charge is 0.486 e. The second-order valence-electron chi connectivity index (χ2n) is 5.31. The standard InChI is InChI=1S/C15H20N2O3/c16-6-4-11-5-7-17(10-11)15(18)12-2-1-3-13-14(12)20-9-8-19-13/h1-3,11H,4-10,16H2. The summed E-state index contributed by atoms with van der Waals surface area (Å²) in [6.07, 6.45) is 2.02. The monoisotopic (exact) mass is 276 g/mol. The van der Waals surface area contributed by atoms with Crippen LogP contribution >= 0.6 is 0 Å². The van der Waals surface area contributed by atoms with Gasteiger partial charge in [-0.1, -0.05) is 6.07 Å². The van der Waals surface area contributed by atoms with Crippen molar-refractivity contribution < 1.29 is 14.3 Å². The lowest BCUT2D eigenvalue weighted by atomic mass is 10.1. The summed E-state index contributed by atoms with van der Waals surface area (Å²) in [5, 5.41) is 0. The molecule has 1 amide bonds. The highest BCUT2D eigenvalue weighted by molar-refractivity contribution is 5.98. The van der Waals surface area contributed by atoms with Crippen molar-refractivity contribution in [1.29, 1.82) is 0 Å². The molecule has 20 heavy (non-hydrogen) atoms. The molecule has 0 saturated carbocycles. The van der Waals surface area contributed by atoms with Crippen LogP contribution in [-0.2, 0) is 0 Å².